The summed E-state index contributed by atoms with van der Waals surface area (Å²) in [5.41, 5.74) is 7.47. The van der Waals surface area contributed by atoms with Gasteiger partial charge in [-0.3, -0.25) is 0 Å². The van der Waals surface area contributed by atoms with E-state index in [-0.39, 0.29) is 5.92 Å². The third-order valence-corrected chi connectivity index (χ3v) is 2.56. The van der Waals surface area contributed by atoms with Crippen molar-refractivity contribution in [1.29, 1.82) is 5.26 Å². The average Bonchev–Trinajstić information content (AvgIpc) is 2.31. The second kappa shape index (κ2) is 6.12. The maximum Gasteiger partial charge on any atom is 0.125 e. The number of nitrogens with zero attached hydrogens (tertiary/aromatic N) is 2. The molecule has 0 amide bonds. The van der Waals surface area contributed by atoms with Crippen molar-refractivity contribution in [3.63, 3.8) is 0 Å². The zero-order chi connectivity index (χ0) is 12.8. The lowest BCUT2D eigenvalue weighted by atomic mass is 10.1. The van der Waals surface area contributed by atoms with Crippen LogP contribution in [0.4, 0.5) is 5.69 Å². The highest BCUT2D eigenvalue weighted by molar-refractivity contribution is 5.48. The van der Waals surface area contributed by atoms with E-state index < -0.39 is 0 Å². The van der Waals surface area contributed by atoms with Crippen LogP contribution in [-0.2, 0) is 6.54 Å². The number of rotatable bonds is 5. The van der Waals surface area contributed by atoms with Gasteiger partial charge in [-0.1, -0.05) is 6.07 Å². The molecule has 0 spiro atoms. The fourth-order valence-corrected chi connectivity index (χ4v) is 1.76. The van der Waals surface area contributed by atoms with Crippen LogP contribution in [0.2, 0.25) is 0 Å². The lowest BCUT2D eigenvalue weighted by Gasteiger charge is -2.19. The van der Waals surface area contributed by atoms with E-state index in [0.717, 1.165) is 24.4 Å². The zero-order valence-corrected chi connectivity index (χ0v) is 10.6. The summed E-state index contributed by atoms with van der Waals surface area (Å²) in [5, 5.41) is 8.77. The molecule has 17 heavy (non-hydrogen) atoms. The number of nitriles is 1. The van der Waals surface area contributed by atoms with Gasteiger partial charge in [-0.05, 0) is 20.0 Å². The number of nitrogens with two attached hydrogens (primary N) is 1. The Labute approximate surface area is 103 Å². The SMILES string of the molecule is COc1cc(N)ccc1CN(C)CC(C)C#N. The molecule has 0 bridgehead atoms. The fourth-order valence-electron chi connectivity index (χ4n) is 1.76. The summed E-state index contributed by atoms with van der Waals surface area (Å²) in [7, 11) is 3.62. The summed E-state index contributed by atoms with van der Waals surface area (Å²) < 4.78 is 5.29. The van der Waals surface area contributed by atoms with Crippen LogP contribution in [0.25, 0.3) is 0 Å². The first-order chi connectivity index (χ1) is 8.06. The minimum absolute atomic E-state index is 0.0276. The minimum Gasteiger partial charge on any atom is -0.496 e. The molecule has 0 aliphatic heterocycles. The number of benzene rings is 1. The van der Waals surface area contributed by atoms with Gasteiger partial charge in [0.15, 0.2) is 0 Å². The van der Waals surface area contributed by atoms with E-state index in [1.165, 1.54) is 0 Å². The van der Waals surface area contributed by atoms with E-state index in [0.29, 0.717) is 5.69 Å². The summed E-state index contributed by atoms with van der Waals surface area (Å²) in [6.45, 7) is 3.40. The molecule has 0 saturated heterocycles. The van der Waals surface area contributed by atoms with Gasteiger partial charge in [0.2, 0.25) is 0 Å². The highest BCUT2D eigenvalue weighted by atomic mass is 16.5. The van der Waals surface area contributed by atoms with Crippen molar-refractivity contribution < 1.29 is 4.74 Å². The Morgan fingerprint density at radius 3 is 2.82 bits per heavy atom. The molecule has 0 aromatic heterocycles. The van der Waals surface area contributed by atoms with Crippen molar-refractivity contribution in [1.82, 2.24) is 4.90 Å². The van der Waals surface area contributed by atoms with E-state index in [9.17, 15) is 0 Å². The molecule has 0 radical (unpaired) electrons. The van der Waals surface area contributed by atoms with E-state index in [1.807, 2.05) is 32.2 Å². The van der Waals surface area contributed by atoms with Crippen molar-refractivity contribution in [2.24, 2.45) is 5.92 Å². The molecule has 2 N–H and O–H groups in total. The first-order valence-corrected chi connectivity index (χ1v) is 5.57. The normalized spacial score (nSPS) is 12.2. The van der Waals surface area contributed by atoms with Crippen molar-refractivity contribution in [3.8, 4) is 11.8 Å². The number of nitrogen functional groups attached to an aromatic ring is 1. The van der Waals surface area contributed by atoms with Crippen molar-refractivity contribution in [2.45, 2.75) is 13.5 Å². The standard InChI is InChI=1S/C13H19N3O/c1-10(7-14)8-16(2)9-11-4-5-12(15)6-13(11)17-3/h4-6,10H,8-9,15H2,1-3H3. The van der Waals surface area contributed by atoms with Crippen molar-refractivity contribution in [3.05, 3.63) is 23.8 Å². The van der Waals surface area contributed by atoms with Crippen LogP contribution in [0, 0.1) is 17.2 Å². The quantitative estimate of drug-likeness (QED) is 0.789. The molecule has 1 aromatic rings. The Balaban J connectivity index is 2.71. The van der Waals surface area contributed by atoms with Gasteiger partial charge in [0.25, 0.3) is 0 Å². The molecule has 0 aliphatic rings. The number of methoxy groups -OCH3 is 1. The predicted octanol–water partition coefficient (Wildman–Crippen LogP) is 1.87. The van der Waals surface area contributed by atoms with Crippen LogP contribution in [0.3, 0.4) is 0 Å². The molecule has 1 rings (SSSR count). The van der Waals surface area contributed by atoms with Gasteiger partial charge < -0.3 is 15.4 Å². The Morgan fingerprint density at radius 1 is 1.53 bits per heavy atom. The Morgan fingerprint density at radius 2 is 2.24 bits per heavy atom. The largest absolute Gasteiger partial charge is 0.496 e. The topological polar surface area (TPSA) is 62.3 Å². The third-order valence-electron chi connectivity index (χ3n) is 2.56. The summed E-state index contributed by atoms with van der Waals surface area (Å²) in [4.78, 5) is 2.10. The first kappa shape index (κ1) is 13.3. The molecule has 0 fully saturated rings. The summed E-state index contributed by atoms with van der Waals surface area (Å²) >= 11 is 0. The molecule has 0 aliphatic carbocycles. The van der Waals surface area contributed by atoms with Gasteiger partial charge >= 0.3 is 0 Å². The van der Waals surface area contributed by atoms with Crippen LogP contribution in [0.5, 0.6) is 5.75 Å². The van der Waals surface area contributed by atoms with Crippen LogP contribution in [0.15, 0.2) is 18.2 Å². The molecule has 1 atom stereocenters. The monoisotopic (exact) mass is 233 g/mol. The minimum atomic E-state index is 0.0276. The van der Waals surface area contributed by atoms with Gasteiger partial charge in [0.05, 0.1) is 19.1 Å². The lowest BCUT2D eigenvalue weighted by Crippen LogP contribution is -2.23. The van der Waals surface area contributed by atoms with Gasteiger partial charge in [0.1, 0.15) is 5.75 Å². The molecule has 92 valence electrons. The number of hydrogen-bond donors (Lipinski definition) is 1. The fraction of sp³-hybridized carbons (Fsp3) is 0.462. The number of hydrogen-bond acceptors (Lipinski definition) is 4. The lowest BCUT2D eigenvalue weighted by molar-refractivity contribution is 0.296. The van der Waals surface area contributed by atoms with Crippen LogP contribution in [0.1, 0.15) is 12.5 Å². The molecule has 4 heteroatoms. The van der Waals surface area contributed by atoms with Crippen LogP contribution in [-0.4, -0.2) is 25.6 Å². The average molecular weight is 233 g/mol. The van der Waals surface area contributed by atoms with E-state index in [1.54, 1.807) is 7.11 Å². The predicted molar refractivity (Wildman–Crippen MR) is 68.5 cm³/mol. The third kappa shape index (κ3) is 3.97. The maximum atomic E-state index is 8.77. The van der Waals surface area contributed by atoms with Crippen LogP contribution < -0.4 is 10.5 Å². The molecular formula is C13H19N3O. The van der Waals surface area contributed by atoms with Gasteiger partial charge in [0, 0.05) is 30.4 Å². The second-order valence-electron chi connectivity index (χ2n) is 4.30. The summed E-state index contributed by atoms with van der Waals surface area (Å²) in [6.07, 6.45) is 0. The molecule has 1 unspecified atom stereocenters. The Kier molecular flexibility index (Phi) is 4.80. The van der Waals surface area contributed by atoms with Crippen molar-refractivity contribution >= 4 is 5.69 Å². The highest BCUT2D eigenvalue weighted by Crippen LogP contribution is 2.22. The van der Waals surface area contributed by atoms with E-state index >= 15 is 0 Å². The highest BCUT2D eigenvalue weighted by Gasteiger charge is 2.09. The number of ether oxygens (including phenoxy) is 1. The van der Waals surface area contributed by atoms with Crippen molar-refractivity contribution in [2.75, 3.05) is 26.4 Å². The Hall–Kier alpha value is -1.73. The summed E-state index contributed by atoms with van der Waals surface area (Å²) in [5.74, 6) is 0.821. The second-order valence-corrected chi connectivity index (χ2v) is 4.30. The van der Waals surface area contributed by atoms with E-state index in [4.69, 9.17) is 15.7 Å². The zero-order valence-electron chi connectivity index (χ0n) is 10.6. The molecule has 0 heterocycles. The molecule has 1 aromatic carbocycles. The Bertz CT molecular complexity index is 412. The number of anilines is 1. The van der Waals surface area contributed by atoms with Crippen LogP contribution >= 0.6 is 0 Å². The maximum absolute atomic E-state index is 8.77. The molecular weight excluding hydrogens is 214 g/mol. The van der Waals surface area contributed by atoms with Gasteiger partial charge in [-0.25, -0.2) is 0 Å². The van der Waals surface area contributed by atoms with Gasteiger partial charge in [-0.15, -0.1) is 0 Å². The van der Waals surface area contributed by atoms with E-state index in [2.05, 4.69) is 11.0 Å². The first-order valence-electron chi connectivity index (χ1n) is 5.57. The van der Waals surface area contributed by atoms with Gasteiger partial charge in [-0.2, -0.15) is 5.26 Å². The smallest absolute Gasteiger partial charge is 0.125 e. The summed E-state index contributed by atoms with van der Waals surface area (Å²) in [6, 6.07) is 7.86. The molecule has 4 nitrogen and oxygen atoms in total. The molecule has 0 saturated carbocycles.